The Balaban J connectivity index is 0.000000172. The Morgan fingerprint density at radius 3 is 1.31 bits per heavy atom. The molecular weight excluding hydrogens is 436 g/mol. The van der Waals surface area contributed by atoms with E-state index in [1.165, 1.54) is 38.9 Å². The summed E-state index contributed by atoms with van der Waals surface area (Å²) in [5.74, 6) is 0. The van der Waals surface area contributed by atoms with Crippen LogP contribution in [0, 0.1) is 0 Å². The Kier molecular flexibility index (Phi) is 8.00. The molecule has 5 aromatic carbocycles. The minimum atomic E-state index is 0.834. The smallest absolute Gasteiger partial charge is 0.0385 e. The van der Waals surface area contributed by atoms with E-state index in [0.717, 1.165) is 26.1 Å². The molecule has 0 saturated carbocycles. The minimum Gasteiger partial charge on any atom is -0.250 e. The average molecular weight is 469 g/mol. The highest BCUT2D eigenvalue weighted by molar-refractivity contribution is 5.76. The van der Waals surface area contributed by atoms with Gasteiger partial charge in [0.15, 0.2) is 0 Å². The van der Waals surface area contributed by atoms with Crippen LogP contribution in [0.4, 0.5) is 0 Å². The second kappa shape index (κ2) is 12.1. The molecule has 1 N–H and O–H groups in total. The number of nitrogens with zero attached hydrogens (tertiary/aromatic N) is 1. The molecule has 5 aromatic rings. The molecule has 0 spiro atoms. The molecule has 6 rings (SSSR count). The van der Waals surface area contributed by atoms with Crippen molar-refractivity contribution in [2.75, 3.05) is 0 Å². The summed E-state index contributed by atoms with van der Waals surface area (Å²) in [6.45, 7) is 2.59. The number of rotatable bonds is 7. The molecule has 0 bridgehead atoms. The van der Waals surface area contributed by atoms with Crippen molar-refractivity contribution in [1.82, 2.24) is 10.4 Å². The standard InChI is InChI=1S/C21H22N2.C13H10/c1-4-10-19(11-5-1)16-22-23(17-20-12-6-2-7-13-20)18-21-14-8-3-9-15-21;1-3-7-12-10(5-1)9-11-6-2-4-8-13(11)12/h1-15,22H,16-18H2;1-8H,9H2. The number of hydrogen-bond acceptors (Lipinski definition) is 2. The topological polar surface area (TPSA) is 15.3 Å². The maximum Gasteiger partial charge on any atom is 0.0385 e. The first-order chi connectivity index (χ1) is 17.8. The molecule has 2 heteroatoms. The zero-order chi connectivity index (χ0) is 24.4. The van der Waals surface area contributed by atoms with Crippen LogP contribution in [0.2, 0.25) is 0 Å². The predicted octanol–water partition coefficient (Wildman–Crippen LogP) is 7.65. The highest BCUT2D eigenvalue weighted by Crippen LogP contribution is 2.35. The normalized spacial score (nSPS) is 11.4. The Bertz CT molecular complexity index is 1260. The molecule has 0 saturated heterocycles. The van der Waals surface area contributed by atoms with Gasteiger partial charge in [0.05, 0.1) is 0 Å². The summed E-state index contributed by atoms with van der Waals surface area (Å²) >= 11 is 0. The van der Waals surface area contributed by atoms with Crippen LogP contribution in [-0.4, -0.2) is 5.01 Å². The lowest BCUT2D eigenvalue weighted by Crippen LogP contribution is -2.36. The number of fused-ring (bicyclic) bond motifs is 3. The van der Waals surface area contributed by atoms with Crippen LogP contribution >= 0.6 is 0 Å². The van der Waals surface area contributed by atoms with E-state index in [2.05, 4.69) is 150 Å². The first-order valence-electron chi connectivity index (χ1n) is 12.6. The van der Waals surface area contributed by atoms with E-state index >= 15 is 0 Å². The van der Waals surface area contributed by atoms with Gasteiger partial charge >= 0.3 is 0 Å². The van der Waals surface area contributed by atoms with Crippen molar-refractivity contribution in [3.8, 4) is 11.1 Å². The van der Waals surface area contributed by atoms with Gasteiger partial charge in [-0.1, -0.05) is 140 Å². The molecule has 1 aliphatic carbocycles. The van der Waals surface area contributed by atoms with Crippen LogP contribution in [0.15, 0.2) is 140 Å². The van der Waals surface area contributed by atoms with Crippen LogP contribution < -0.4 is 5.43 Å². The van der Waals surface area contributed by atoms with Crippen molar-refractivity contribution in [3.05, 3.63) is 167 Å². The average Bonchev–Trinajstić information content (AvgIpc) is 3.33. The molecule has 0 atom stereocenters. The fourth-order valence-electron chi connectivity index (χ4n) is 4.65. The van der Waals surface area contributed by atoms with Crippen molar-refractivity contribution < 1.29 is 0 Å². The minimum absolute atomic E-state index is 0.834. The lowest BCUT2D eigenvalue weighted by atomic mass is 10.1. The van der Waals surface area contributed by atoms with Crippen molar-refractivity contribution >= 4 is 0 Å². The summed E-state index contributed by atoms with van der Waals surface area (Å²) in [5.41, 5.74) is 13.2. The van der Waals surface area contributed by atoms with Gasteiger partial charge in [0.25, 0.3) is 0 Å². The van der Waals surface area contributed by atoms with E-state index in [0.29, 0.717) is 0 Å². The zero-order valence-electron chi connectivity index (χ0n) is 20.6. The largest absolute Gasteiger partial charge is 0.250 e. The Labute approximate surface area is 214 Å². The van der Waals surface area contributed by atoms with Gasteiger partial charge in [-0.25, -0.2) is 5.01 Å². The van der Waals surface area contributed by atoms with E-state index in [1.807, 2.05) is 0 Å². The summed E-state index contributed by atoms with van der Waals surface area (Å²) in [6, 6.07) is 49.0. The van der Waals surface area contributed by atoms with Gasteiger partial charge < -0.3 is 0 Å². The van der Waals surface area contributed by atoms with Gasteiger partial charge in [0.1, 0.15) is 0 Å². The summed E-state index contributed by atoms with van der Waals surface area (Å²) in [4.78, 5) is 0. The van der Waals surface area contributed by atoms with E-state index in [-0.39, 0.29) is 0 Å². The van der Waals surface area contributed by atoms with Crippen LogP contribution in [0.5, 0.6) is 0 Å². The van der Waals surface area contributed by atoms with Crippen LogP contribution in [-0.2, 0) is 26.1 Å². The molecular formula is C34H32N2. The molecule has 0 aromatic heterocycles. The summed E-state index contributed by atoms with van der Waals surface area (Å²) in [7, 11) is 0. The van der Waals surface area contributed by atoms with Crippen LogP contribution in [0.3, 0.4) is 0 Å². The molecule has 178 valence electrons. The number of hydrogen-bond donors (Lipinski definition) is 1. The molecule has 36 heavy (non-hydrogen) atoms. The first-order valence-corrected chi connectivity index (χ1v) is 12.6. The van der Waals surface area contributed by atoms with Crippen molar-refractivity contribution in [2.24, 2.45) is 0 Å². The fraction of sp³-hybridized carbons (Fsp3) is 0.118. The van der Waals surface area contributed by atoms with Gasteiger partial charge in [-0.2, -0.15) is 0 Å². The second-order valence-electron chi connectivity index (χ2n) is 9.14. The highest BCUT2D eigenvalue weighted by atomic mass is 15.5. The van der Waals surface area contributed by atoms with E-state index in [4.69, 9.17) is 0 Å². The Morgan fingerprint density at radius 1 is 0.444 bits per heavy atom. The third kappa shape index (κ3) is 6.37. The molecule has 0 heterocycles. The van der Waals surface area contributed by atoms with E-state index in [1.54, 1.807) is 0 Å². The first kappa shape index (κ1) is 23.7. The molecule has 0 unspecified atom stereocenters. The lowest BCUT2D eigenvalue weighted by molar-refractivity contribution is 0.165. The lowest BCUT2D eigenvalue weighted by Gasteiger charge is -2.24. The number of hydrazine groups is 1. The number of benzene rings is 5. The highest BCUT2D eigenvalue weighted by Gasteiger charge is 2.15. The third-order valence-corrected chi connectivity index (χ3v) is 6.49. The summed E-state index contributed by atoms with van der Waals surface area (Å²) in [6.07, 6.45) is 1.10. The van der Waals surface area contributed by atoms with Gasteiger partial charge in [-0.15, -0.1) is 0 Å². The number of nitrogens with one attached hydrogen (secondary N) is 1. The Morgan fingerprint density at radius 2 is 0.833 bits per heavy atom. The maximum atomic E-state index is 3.57. The van der Waals surface area contributed by atoms with E-state index in [9.17, 15) is 0 Å². The molecule has 0 fully saturated rings. The predicted molar refractivity (Wildman–Crippen MR) is 150 cm³/mol. The molecule has 2 nitrogen and oxygen atoms in total. The zero-order valence-corrected chi connectivity index (χ0v) is 20.6. The van der Waals surface area contributed by atoms with Crippen LogP contribution in [0.25, 0.3) is 11.1 Å². The Hall–Kier alpha value is -3.98. The second-order valence-corrected chi connectivity index (χ2v) is 9.14. The van der Waals surface area contributed by atoms with Crippen molar-refractivity contribution in [2.45, 2.75) is 26.1 Å². The quantitative estimate of drug-likeness (QED) is 0.242. The van der Waals surface area contributed by atoms with Gasteiger partial charge in [0, 0.05) is 19.6 Å². The summed E-state index contributed by atoms with van der Waals surface area (Å²) in [5, 5.41) is 2.28. The summed E-state index contributed by atoms with van der Waals surface area (Å²) < 4.78 is 0. The molecule has 1 aliphatic rings. The fourth-order valence-corrected chi connectivity index (χ4v) is 4.65. The SMILES string of the molecule is c1ccc(CNN(Cc2ccccc2)Cc2ccccc2)cc1.c1ccc2c(c1)Cc1ccccc1-2. The van der Waals surface area contributed by atoms with Gasteiger partial charge in [0.2, 0.25) is 0 Å². The van der Waals surface area contributed by atoms with E-state index < -0.39 is 0 Å². The molecule has 0 radical (unpaired) electrons. The molecule has 0 aliphatic heterocycles. The van der Waals surface area contributed by atoms with Crippen molar-refractivity contribution in [1.29, 1.82) is 0 Å². The van der Waals surface area contributed by atoms with Crippen molar-refractivity contribution in [3.63, 3.8) is 0 Å². The van der Waals surface area contributed by atoms with Crippen LogP contribution in [0.1, 0.15) is 27.8 Å². The monoisotopic (exact) mass is 468 g/mol. The maximum absolute atomic E-state index is 3.57. The van der Waals surface area contributed by atoms with Gasteiger partial charge in [-0.05, 0) is 45.4 Å². The third-order valence-electron chi connectivity index (χ3n) is 6.49. The molecule has 0 amide bonds. The van der Waals surface area contributed by atoms with Gasteiger partial charge in [-0.3, -0.25) is 5.43 Å².